The standard InChI is InChI=1S/C32H38N2O3/c1-23(2)29-32(4,5)37-31(36)34(29)30(35)28(27-19-13-8-14-20-27)22-33(21-25-15-9-6-10-16-25)24(3)26-17-11-7-12-18-26/h6-20,23-24,28-29H,21-22H2,1-5H3/t24-,28+,29+/m1/s1. The van der Waals surface area contributed by atoms with Crippen molar-refractivity contribution in [3.05, 3.63) is 108 Å². The van der Waals surface area contributed by atoms with Crippen LogP contribution in [-0.2, 0) is 16.1 Å². The van der Waals surface area contributed by atoms with Gasteiger partial charge in [-0.3, -0.25) is 9.69 Å². The molecular formula is C32H38N2O3. The second kappa shape index (κ2) is 11.3. The number of benzene rings is 3. The van der Waals surface area contributed by atoms with Crippen LogP contribution in [-0.4, -0.2) is 40.0 Å². The molecule has 0 aromatic heterocycles. The maximum absolute atomic E-state index is 14.3. The van der Waals surface area contributed by atoms with Crippen molar-refractivity contribution in [3.8, 4) is 0 Å². The third-order valence-corrected chi connectivity index (χ3v) is 7.38. The molecule has 1 fully saturated rings. The first kappa shape index (κ1) is 26.6. The lowest BCUT2D eigenvalue weighted by Crippen LogP contribution is -2.50. The van der Waals surface area contributed by atoms with Crippen LogP contribution >= 0.6 is 0 Å². The number of ether oxygens (including phenoxy) is 1. The van der Waals surface area contributed by atoms with E-state index in [1.165, 1.54) is 16.0 Å². The molecule has 0 saturated carbocycles. The van der Waals surface area contributed by atoms with Crippen LogP contribution in [0.5, 0.6) is 0 Å². The van der Waals surface area contributed by atoms with Gasteiger partial charge in [0.05, 0.1) is 12.0 Å². The number of carbonyl (C=O) groups is 2. The fourth-order valence-electron chi connectivity index (χ4n) is 5.62. The van der Waals surface area contributed by atoms with E-state index in [-0.39, 0.29) is 23.9 Å². The summed E-state index contributed by atoms with van der Waals surface area (Å²) >= 11 is 0. The molecule has 0 bridgehead atoms. The summed E-state index contributed by atoms with van der Waals surface area (Å²) in [5.74, 6) is -0.678. The Morgan fingerprint density at radius 3 is 1.92 bits per heavy atom. The van der Waals surface area contributed by atoms with E-state index in [0.717, 1.165) is 5.56 Å². The lowest BCUT2D eigenvalue weighted by atomic mass is 9.87. The van der Waals surface area contributed by atoms with Gasteiger partial charge >= 0.3 is 6.09 Å². The molecule has 3 aromatic rings. The number of nitrogens with zero attached hydrogens (tertiary/aromatic N) is 2. The molecule has 0 spiro atoms. The van der Waals surface area contributed by atoms with Crippen molar-refractivity contribution in [3.63, 3.8) is 0 Å². The summed E-state index contributed by atoms with van der Waals surface area (Å²) in [6.07, 6.45) is -0.555. The molecule has 5 nitrogen and oxygen atoms in total. The molecule has 5 heteroatoms. The van der Waals surface area contributed by atoms with Crippen LogP contribution in [0, 0.1) is 5.92 Å². The van der Waals surface area contributed by atoms with E-state index in [2.05, 4.69) is 36.1 Å². The van der Waals surface area contributed by atoms with Gasteiger partial charge in [0.25, 0.3) is 0 Å². The molecule has 0 radical (unpaired) electrons. The van der Waals surface area contributed by atoms with Crippen LogP contribution in [0.25, 0.3) is 0 Å². The Morgan fingerprint density at radius 1 is 0.865 bits per heavy atom. The fourth-order valence-corrected chi connectivity index (χ4v) is 5.62. The Morgan fingerprint density at radius 2 is 1.38 bits per heavy atom. The Labute approximate surface area is 221 Å². The van der Waals surface area contributed by atoms with E-state index in [0.29, 0.717) is 13.1 Å². The zero-order valence-electron chi connectivity index (χ0n) is 22.5. The van der Waals surface area contributed by atoms with Gasteiger partial charge in [-0.15, -0.1) is 0 Å². The minimum absolute atomic E-state index is 0.0586. The topological polar surface area (TPSA) is 49.9 Å². The Bertz CT molecular complexity index is 1180. The molecule has 0 unspecified atom stereocenters. The second-order valence-corrected chi connectivity index (χ2v) is 10.8. The smallest absolute Gasteiger partial charge is 0.417 e. The zero-order valence-corrected chi connectivity index (χ0v) is 22.5. The van der Waals surface area contributed by atoms with Gasteiger partial charge in [0.15, 0.2) is 0 Å². The first-order valence-corrected chi connectivity index (χ1v) is 13.1. The highest BCUT2D eigenvalue weighted by atomic mass is 16.6. The molecule has 0 N–H and O–H groups in total. The van der Waals surface area contributed by atoms with Gasteiger partial charge < -0.3 is 4.74 Å². The zero-order chi connectivity index (χ0) is 26.6. The predicted molar refractivity (Wildman–Crippen MR) is 147 cm³/mol. The van der Waals surface area contributed by atoms with E-state index in [1.807, 2.05) is 94.4 Å². The van der Waals surface area contributed by atoms with Crippen LogP contribution in [0.15, 0.2) is 91.0 Å². The first-order valence-electron chi connectivity index (χ1n) is 13.1. The number of hydrogen-bond acceptors (Lipinski definition) is 4. The van der Waals surface area contributed by atoms with Crippen molar-refractivity contribution in [1.82, 2.24) is 9.80 Å². The van der Waals surface area contributed by atoms with Crippen molar-refractivity contribution < 1.29 is 14.3 Å². The Balaban J connectivity index is 1.73. The van der Waals surface area contributed by atoms with Gasteiger partial charge in [0.2, 0.25) is 5.91 Å². The molecule has 3 aromatic carbocycles. The van der Waals surface area contributed by atoms with Gasteiger partial charge in [-0.1, -0.05) is 105 Å². The Hall–Kier alpha value is -3.44. The number of imide groups is 1. The summed E-state index contributed by atoms with van der Waals surface area (Å²) in [6.45, 7) is 11.2. The molecule has 194 valence electrons. The highest BCUT2D eigenvalue weighted by Gasteiger charge is 2.53. The maximum atomic E-state index is 14.3. The molecular weight excluding hydrogens is 460 g/mol. The quantitative estimate of drug-likeness (QED) is 0.325. The van der Waals surface area contributed by atoms with Crippen LogP contribution in [0.3, 0.4) is 0 Å². The summed E-state index contributed by atoms with van der Waals surface area (Å²) in [6, 6.07) is 30.2. The van der Waals surface area contributed by atoms with Gasteiger partial charge in [-0.25, -0.2) is 9.69 Å². The number of amides is 2. The summed E-state index contributed by atoms with van der Waals surface area (Å²) < 4.78 is 5.71. The molecule has 1 heterocycles. The highest BCUT2D eigenvalue weighted by Crippen LogP contribution is 2.37. The van der Waals surface area contributed by atoms with Gasteiger partial charge in [-0.2, -0.15) is 0 Å². The minimum atomic E-state index is -0.747. The molecule has 3 atom stereocenters. The minimum Gasteiger partial charge on any atom is -0.441 e. The van der Waals surface area contributed by atoms with Crippen molar-refractivity contribution >= 4 is 12.0 Å². The van der Waals surface area contributed by atoms with Crippen LogP contribution in [0.1, 0.15) is 63.3 Å². The van der Waals surface area contributed by atoms with Crippen molar-refractivity contribution in [1.29, 1.82) is 0 Å². The van der Waals surface area contributed by atoms with Gasteiger partial charge in [0, 0.05) is 19.1 Å². The number of carbonyl (C=O) groups excluding carboxylic acids is 2. The normalized spacial score (nSPS) is 18.6. The van der Waals surface area contributed by atoms with Crippen molar-refractivity contribution in [2.75, 3.05) is 6.54 Å². The van der Waals surface area contributed by atoms with E-state index in [4.69, 9.17) is 4.74 Å². The van der Waals surface area contributed by atoms with E-state index < -0.39 is 17.6 Å². The lowest BCUT2D eigenvalue weighted by Gasteiger charge is -2.36. The van der Waals surface area contributed by atoms with E-state index in [1.54, 1.807) is 0 Å². The summed E-state index contributed by atoms with van der Waals surface area (Å²) in [4.78, 5) is 31.1. The van der Waals surface area contributed by atoms with Crippen LogP contribution in [0.4, 0.5) is 4.79 Å². The van der Waals surface area contributed by atoms with Gasteiger partial charge in [0.1, 0.15) is 5.60 Å². The molecule has 37 heavy (non-hydrogen) atoms. The highest BCUT2D eigenvalue weighted by molar-refractivity contribution is 5.98. The Kier molecular flexibility index (Phi) is 8.13. The maximum Gasteiger partial charge on any atom is 0.417 e. The second-order valence-electron chi connectivity index (χ2n) is 10.8. The van der Waals surface area contributed by atoms with E-state index >= 15 is 0 Å². The summed E-state index contributed by atoms with van der Waals surface area (Å²) in [5.41, 5.74) is 2.50. The molecule has 1 aliphatic heterocycles. The van der Waals surface area contributed by atoms with Crippen LogP contribution < -0.4 is 0 Å². The molecule has 0 aliphatic carbocycles. The summed E-state index contributed by atoms with van der Waals surface area (Å²) in [5, 5.41) is 0. The predicted octanol–water partition coefficient (Wildman–Crippen LogP) is 6.82. The first-order chi connectivity index (χ1) is 17.7. The van der Waals surface area contributed by atoms with Gasteiger partial charge in [-0.05, 0) is 43.4 Å². The number of cyclic esters (lactones) is 1. The third kappa shape index (κ3) is 5.94. The lowest BCUT2D eigenvalue weighted by molar-refractivity contribution is -0.132. The monoisotopic (exact) mass is 498 g/mol. The molecule has 4 rings (SSSR count). The summed E-state index contributed by atoms with van der Waals surface area (Å²) in [7, 11) is 0. The molecule has 2 amide bonds. The van der Waals surface area contributed by atoms with Crippen LogP contribution in [0.2, 0.25) is 0 Å². The molecule has 1 aliphatic rings. The fraction of sp³-hybridized carbons (Fsp3) is 0.375. The van der Waals surface area contributed by atoms with Crippen molar-refractivity contribution in [2.45, 2.75) is 64.8 Å². The molecule has 1 saturated heterocycles. The van der Waals surface area contributed by atoms with Crippen molar-refractivity contribution in [2.24, 2.45) is 5.92 Å². The number of hydrogen-bond donors (Lipinski definition) is 0. The third-order valence-electron chi connectivity index (χ3n) is 7.38. The largest absolute Gasteiger partial charge is 0.441 e. The average molecular weight is 499 g/mol. The van der Waals surface area contributed by atoms with E-state index in [9.17, 15) is 9.59 Å². The SMILES string of the molecule is CC(C)[C@@H]1N(C(=O)[C@@H](CN(Cc2ccccc2)[C@H](C)c2ccccc2)c2ccccc2)C(=O)OC1(C)C. The average Bonchev–Trinajstić information content (AvgIpc) is 3.15. The number of rotatable bonds is 9.